The van der Waals surface area contributed by atoms with Gasteiger partial charge in [0.2, 0.25) is 5.91 Å². The average Bonchev–Trinajstić information content (AvgIpc) is 3.30. The summed E-state index contributed by atoms with van der Waals surface area (Å²) in [5.41, 5.74) is 2.90. The maximum atomic E-state index is 13.7. The van der Waals surface area contributed by atoms with E-state index in [1.54, 1.807) is 22.3 Å². The Morgan fingerprint density at radius 1 is 1.16 bits per heavy atom. The molecule has 0 N–H and O–H groups in total. The predicted octanol–water partition coefficient (Wildman–Crippen LogP) is 5.93. The van der Waals surface area contributed by atoms with E-state index in [9.17, 15) is 9.59 Å². The van der Waals surface area contributed by atoms with E-state index in [4.69, 9.17) is 0 Å². The van der Waals surface area contributed by atoms with Crippen LogP contribution in [0.2, 0.25) is 0 Å². The zero-order chi connectivity index (χ0) is 22.7. The molecule has 2 aromatic carbocycles. The Labute approximate surface area is 202 Å². The molecule has 2 atom stereocenters. The number of carbonyl (C=O) groups excluding carboxylic acids is 2. The molecule has 32 heavy (non-hydrogen) atoms. The van der Waals surface area contributed by atoms with Crippen LogP contribution in [0.1, 0.15) is 52.7 Å². The fourth-order valence-corrected chi connectivity index (χ4v) is 5.55. The molecule has 0 radical (unpaired) electrons. The van der Waals surface area contributed by atoms with Crippen LogP contribution in [0.5, 0.6) is 0 Å². The van der Waals surface area contributed by atoms with Gasteiger partial charge in [0.05, 0.1) is 6.04 Å². The third-order valence-electron chi connectivity index (χ3n) is 6.16. The monoisotopic (exact) mass is 510 g/mol. The lowest BCUT2D eigenvalue weighted by atomic mass is 9.93. The molecule has 0 saturated heterocycles. The zero-order valence-corrected chi connectivity index (χ0v) is 20.7. The van der Waals surface area contributed by atoms with Crippen molar-refractivity contribution >= 4 is 39.1 Å². The van der Waals surface area contributed by atoms with E-state index >= 15 is 0 Å². The molecule has 4 rings (SSSR count). The summed E-state index contributed by atoms with van der Waals surface area (Å²) in [4.78, 5) is 32.0. The van der Waals surface area contributed by atoms with Crippen molar-refractivity contribution in [2.24, 2.45) is 0 Å². The average molecular weight is 511 g/mol. The Hall–Kier alpha value is -2.44. The van der Waals surface area contributed by atoms with Crippen molar-refractivity contribution in [3.63, 3.8) is 0 Å². The van der Waals surface area contributed by atoms with Crippen LogP contribution >= 0.6 is 27.3 Å². The Morgan fingerprint density at radius 2 is 1.94 bits per heavy atom. The van der Waals surface area contributed by atoms with Gasteiger partial charge >= 0.3 is 0 Å². The van der Waals surface area contributed by atoms with Gasteiger partial charge in [0, 0.05) is 27.5 Å². The fourth-order valence-electron chi connectivity index (χ4n) is 4.25. The molecule has 2 amide bonds. The summed E-state index contributed by atoms with van der Waals surface area (Å²) < 4.78 is 0.851. The van der Waals surface area contributed by atoms with Crippen LogP contribution in [0.4, 0.5) is 0 Å². The molecule has 3 aromatic rings. The second-order valence-corrected chi connectivity index (χ2v) is 10.1. The van der Waals surface area contributed by atoms with Gasteiger partial charge in [0.25, 0.3) is 5.91 Å². The first-order valence-electron chi connectivity index (χ1n) is 11.0. The highest BCUT2D eigenvalue weighted by molar-refractivity contribution is 9.10. The molecule has 0 aliphatic carbocycles. The molecule has 4 nitrogen and oxygen atoms in total. The van der Waals surface area contributed by atoms with Gasteiger partial charge in [0.15, 0.2) is 0 Å². The zero-order valence-electron chi connectivity index (χ0n) is 18.3. The molecule has 166 valence electrons. The second kappa shape index (κ2) is 10.0. The number of hydrogen-bond donors (Lipinski definition) is 0. The summed E-state index contributed by atoms with van der Waals surface area (Å²) in [6, 6.07) is 19.5. The Bertz CT molecular complexity index is 1100. The van der Waals surface area contributed by atoms with E-state index in [2.05, 4.69) is 39.5 Å². The van der Waals surface area contributed by atoms with Crippen LogP contribution in [0.3, 0.4) is 0 Å². The number of halogens is 1. The van der Waals surface area contributed by atoms with Crippen LogP contribution in [0.25, 0.3) is 0 Å². The summed E-state index contributed by atoms with van der Waals surface area (Å²) >= 11 is 5.20. The quantitative estimate of drug-likeness (QED) is 0.412. The van der Waals surface area contributed by atoms with E-state index in [1.165, 1.54) is 10.4 Å². The molecule has 0 spiro atoms. The molecular weight excluding hydrogens is 484 g/mol. The number of carbonyl (C=O) groups is 2. The molecule has 1 aromatic heterocycles. The SMILES string of the molecule is CCC(C)N(CC(=O)N1CCc2sccc2C1c1ccccc1)C(=O)c1cccc(Br)c1. The lowest BCUT2D eigenvalue weighted by molar-refractivity contribution is -0.134. The summed E-state index contributed by atoms with van der Waals surface area (Å²) in [6.45, 7) is 4.78. The predicted molar refractivity (Wildman–Crippen MR) is 133 cm³/mol. The van der Waals surface area contributed by atoms with Gasteiger partial charge in [-0.05, 0) is 60.5 Å². The van der Waals surface area contributed by atoms with Crippen molar-refractivity contribution < 1.29 is 9.59 Å². The van der Waals surface area contributed by atoms with Crippen molar-refractivity contribution in [1.82, 2.24) is 9.80 Å². The van der Waals surface area contributed by atoms with Crippen molar-refractivity contribution in [2.75, 3.05) is 13.1 Å². The molecule has 1 aliphatic heterocycles. The van der Waals surface area contributed by atoms with Gasteiger partial charge in [-0.2, -0.15) is 0 Å². The molecule has 6 heteroatoms. The van der Waals surface area contributed by atoms with Crippen LogP contribution in [-0.2, 0) is 11.2 Å². The van der Waals surface area contributed by atoms with Crippen molar-refractivity contribution in [2.45, 2.75) is 38.8 Å². The van der Waals surface area contributed by atoms with Crippen molar-refractivity contribution in [1.29, 1.82) is 0 Å². The number of hydrogen-bond acceptors (Lipinski definition) is 3. The van der Waals surface area contributed by atoms with Crippen LogP contribution in [0, 0.1) is 0 Å². The molecule has 0 fully saturated rings. The maximum Gasteiger partial charge on any atom is 0.254 e. The maximum absolute atomic E-state index is 13.7. The molecule has 0 bridgehead atoms. The standard InChI is InChI=1S/C26H27BrN2O2S/c1-3-18(2)29(26(31)20-10-7-11-21(27)16-20)17-24(30)28-14-12-23-22(13-15-32-23)25(28)19-8-5-4-6-9-19/h4-11,13,15-16,18,25H,3,12,14,17H2,1-2H3. The number of rotatable bonds is 6. The molecule has 0 saturated carbocycles. The smallest absolute Gasteiger partial charge is 0.254 e. The van der Waals surface area contributed by atoms with E-state index in [1.807, 2.05) is 55.1 Å². The van der Waals surface area contributed by atoms with Gasteiger partial charge in [-0.1, -0.05) is 59.3 Å². The first kappa shape index (κ1) is 22.7. The Kier molecular flexibility index (Phi) is 7.11. The summed E-state index contributed by atoms with van der Waals surface area (Å²) in [6.07, 6.45) is 1.63. The normalized spacial score (nSPS) is 16.3. The van der Waals surface area contributed by atoms with E-state index in [0.717, 1.165) is 22.9 Å². The summed E-state index contributed by atoms with van der Waals surface area (Å²) in [7, 11) is 0. The highest BCUT2D eigenvalue weighted by atomic mass is 79.9. The highest BCUT2D eigenvalue weighted by Crippen LogP contribution is 2.37. The second-order valence-electron chi connectivity index (χ2n) is 8.15. The number of amides is 2. The lowest BCUT2D eigenvalue weighted by Gasteiger charge is -2.38. The molecule has 2 unspecified atom stereocenters. The van der Waals surface area contributed by atoms with Crippen LogP contribution < -0.4 is 0 Å². The van der Waals surface area contributed by atoms with Crippen molar-refractivity contribution in [3.05, 3.63) is 92.1 Å². The van der Waals surface area contributed by atoms with Gasteiger partial charge in [0.1, 0.15) is 6.54 Å². The largest absolute Gasteiger partial charge is 0.330 e. The van der Waals surface area contributed by atoms with E-state index in [-0.39, 0.29) is 30.4 Å². The topological polar surface area (TPSA) is 40.6 Å². The third kappa shape index (κ3) is 4.66. The first-order valence-corrected chi connectivity index (χ1v) is 12.6. The number of nitrogens with zero attached hydrogens (tertiary/aromatic N) is 2. The van der Waals surface area contributed by atoms with Crippen molar-refractivity contribution in [3.8, 4) is 0 Å². The fraction of sp³-hybridized carbons (Fsp3) is 0.308. The first-order chi connectivity index (χ1) is 15.5. The Morgan fingerprint density at radius 3 is 2.66 bits per heavy atom. The number of fused-ring (bicyclic) bond motifs is 1. The summed E-state index contributed by atoms with van der Waals surface area (Å²) in [5, 5.41) is 2.11. The van der Waals surface area contributed by atoms with E-state index in [0.29, 0.717) is 12.1 Å². The number of thiophene rings is 1. The minimum atomic E-state index is -0.113. The van der Waals surface area contributed by atoms with Crippen LogP contribution in [0.15, 0.2) is 70.5 Å². The van der Waals surface area contributed by atoms with Crippen LogP contribution in [-0.4, -0.2) is 40.7 Å². The molecule has 2 heterocycles. The van der Waals surface area contributed by atoms with Gasteiger partial charge in [-0.3, -0.25) is 9.59 Å². The van der Waals surface area contributed by atoms with Gasteiger partial charge in [-0.25, -0.2) is 0 Å². The van der Waals surface area contributed by atoms with Gasteiger partial charge < -0.3 is 9.80 Å². The Balaban J connectivity index is 1.63. The summed E-state index contributed by atoms with van der Waals surface area (Å²) in [5.74, 6) is -0.127. The van der Waals surface area contributed by atoms with E-state index < -0.39 is 0 Å². The minimum Gasteiger partial charge on any atom is -0.330 e. The minimum absolute atomic E-state index is 0.0145. The lowest BCUT2D eigenvalue weighted by Crippen LogP contribution is -2.49. The highest BCUT2D eigenvalue weighted by Gasteiger charge is 2.34. The number of benzene rings is 2. The molecular formula is C26H27BrN2O2S. The third-order valence-corrected chi connectivity index (χ3v) is 7.65. The van der Waals surface area contributed by atoms with Gasteiger partial charge in [-0.15, -0.1) is 11.3 Å². The molecule has 1 aliphatic rings.